The van der Waals surface area contributed by atoms with E-state index in [1.54, 1.807) is 20.0 Å². The second kappa shape index (κ2) is 12.4. The van der Waals surface area contributed by atoms with Gasteiger partial charge in [0.1, 0.15) is 5.78 Å². The molecule has 2 aliphatic rings. The Morgan fingerprint density at radius 1 is 1.08 bits per heavy atom. The number of pyridine rings is 1. The van der Waals surface area contributed by atoms with Gasteiger partial charge in [-0.2, -0.15) is 0 Å². The van der Waals surface area contributed by atoms with Gasteiger partial charge in [0.2, 0.25) is 10.0 Å². The van der Waals surface area contributed by atoms with Crippen molar-refractivity contribution in [3.63, 3.8) is 0 Å². The van der Waals surface area contributed by atoms with Gasteiger partial charge in [-0.25, -0.2) is 13.1 Å². The summed E-state index contributed by atoms with van der Waals surface area (Å²) in [5.41, 5.74) is 3.08. The third-order valence-electron chi connectivity index (χ3n) is 7.30. The van der Waals surface area contributed by atoms with E-state index in [4.69, 9.17) is 27.9 Å². The third kappa shape index (κ3) is 7.45. The minimum Gasteiger partial charge on any atom is -0.385 e. The molecule has 2 N–H and O–H groups in total. The van der Waals surface area contributed by atoms with Gasteiger partial charge in [-0.3, -0.25) is 9.78 Å². The second-order valence-electron chi connectivity index (χ2n) is 10.3. The van der Waals surface area contributed by atoms with Crippen LogP contribution in [0.5, 0.6) is 0 Å². The molecule has 2 atom stereocenters. The van der Waals surface area contributed by atoms with Gasteiger partial charge >= 0.3 is 0 Å². The predicted molar refractivity (Wildman–Crippen MR) is 149 cm³/mol. The van der Waals surface area contributed by atoms with E-state index >= 15 is 0 Å². The van der Waals surface area contributed by atoms with Gasteiger partial charge < -0.3 is 10.1 Å². The van der Waals surface area contributed by atoms with Gasteiger partial charge in [0.05, 0.1) is 10.3 Å². The first-order valence-corrected chi connectivity index (χ1v) is 15.2. The van der Waals surface area contributed by atoms with Crippen molar-refractivity contribution in [2.45, 2.75) is 63.7 Å². The number of carbonyl (C=O) groups excluding carboxylic acids is 1. The van der Waals surface area contributed by atoms with Crippen molar-refractivity contribution >= 4 is 44.7 Å². The minimum absolute atomic E-state index is 0.0602. The Bertz CT molecular complexity index is 1220. The average Bonchev–Trinajstić information content (AvgIpc) is 3.33. The molecule has 1 aliphatic heterocycles. The standard InChI is InChI=1S/C27H35Cl2N3O4S/c1-17(2)37(34,35)32-21-4-3-19(11-21)27(33)14-22-13-24(26(29)16-31-22)23-12-20(5-6-25(23)28)30-15-18-7-9-36-10-8-18/h5-6,12-13,16-19,21,30,32H,3-4,7-11,14-15H2,1-2H3/t19-,21+/m0/s1. The molecule has 7 nitrogen and oxygen atoms in total. The Hall–Kier alpha value is -1.71. The summed E-state index contributed by atoms with van der Waals surface area (Å²) in [6.07, 6.45) is 5.66. The lowest BCUT2D eigenvalue weighted by molar-refractivity contribution is -0.122. The maximum atomic E-state index is 13.1. The van der Waals surface area contributed by atoms with Crippen LogP contribution >= 0.6 is 23.2 Å². The number of aromatic nitrogens is 1. The SMILES string of the molecule is CC(C)S(=O)(=O)N[C@@H]1CC[C@H](C(=O)Cc2cc(-c3cc(NCC4CCOCC4)ccc3Cl)c(Cl)cn2)C1. The van der Waals surface area contributed by atoms with Crippen molar-refractivity contribution in [1.29, 1.82) is 0 Å². The lowest BCUT2D eigenvalue weighted by Gasteiger charge is -2.23. The van der Waals surface area contributed by atoms with E-state index in [1.807, 2.05) is 24.3 Å². The first kappa shape index (κ1) is 28.3. The van der Waals surface area contributed by atoms with Crippen molar-refractivity contribution in [1.82, 2.24) is 9.71 Å². The molecule has 2 aromatic rings. The molecule has 1 aliphatic carbocycles. The van der Waals surface area contributed by atoms with Crippen LogP contribution in [0.2, 0.25) is 10.0 Å². The van der Waals surface area contributed by atoms with E-state index in [1.165, 1.54) is 0 Å². The molecule has 2 heterocycles. The number of Topliss-reactive ketones (excluding diaryl/α,β-unsaturated/α-hetero) is 1. The smallest absolute Gasteiger partial charge is 0.214 e. The van der Waals surface area contributed by atoms with Crippen LogP contribution in [0.4, 0.5) is 5.69 Å². The van der Waals surface area contributed by atoms with Gasteiger partial charge in [-0.05, 0) is 76.1 Å². The predicted octanol–water partition coefficient (Wildman–Crippen LogP) is 5.50. The zero-order chi connectivity index (χ0) is 26.6. The topological polar surface area (TPSA) is 97.4 Å². The number of rotatable bonds is 10. The molecule has 1 aromatic heterocycles. The van der Waals surface area contributed by atoms with Crippen LogP contribution in [-0.4, -0.2) is 50.2 Å². The molecule has 0 bridgehead atoms. The van der Waals surface area contributed by atoms with E-state index in [9.17, 15) is 13.2 Å². The van der Waals surface area contributed by atoms with Gasteiger partial charge in [0.25, 0.3) is 0 Å². The Kier molecular flexibility index (Phi) is 9.51. The quantitative estimate of drug-likeness (QED) is 0.393. The molecule has 0 radical (unpaired) electrons. The summed E-state index contributed by atoms with van der Waals surface area (Å²) in [6.45, 7) is 5.77. The highest BCUT2D eigenvalue weighted by molar-refractivity contribution is 7.90. The van der Waals surface area contributed by atoms with Gasteiger partial charge in [-0.15, -0.1) is 0 Å². The monoisotopic (exact) mass is 567 g/mol. The molecule has 2 fully saturated rings. The van der Waals surface area contributed by atoms with Crippen molar-refractivity contribution in [2.24, 2.45) is 11.8 Å². The van der Waals surface area contributed by atoms with Crippen molar-refractivity contribution < 1.29 is 17.9 Å². The molecule has 0 amide bonds. The second-order valence-corrected chi connectivity index (χ2v) is 13.4. The van der Waals surface area contributed by atoms with Crippen LogP contribution in [0.15, 0.2) is 30.5 Å². The zero-order valence-electron chi connectivity index (χ0n) is 21.3. The van der Waals surface area contributed by atoms with Crippen molar-refractivity contribution in [3.8, 4) is 11.1 Å². The van der Waals surface area contributed by atoms with Gasteiger partial charge in [-0.1, -0.05) is 23.2 Å². The summed E-state index contributed by atoms with van der Waals surface area (Å²) in [4.78, 5) is 17.4. The third-order valence-corrected chi connectivity index (χ3v) is 9.83. The highest BCUT2D eigenvalue weighted by atomic mass is 35.5. The van der Waals surface area contributed by atoms with E-state index < -0.39 is 15.3 Å². The number of benzene rings is 1. The number of carbonyl (C=O) groups is 1. The Morgan fingerprint density at radius 2 is 1.81 bits per heavy atom. The molecule has 10 heteroatoms. The molecule has 4 rings (SSSR count). The average molecular weight is 569 g/mol. The van der Waals surface area contributed by atoms with Crippen molar-refractivity contribution in [3.05, 3.63) is 46.2 Å². The summed E-state index contributed by atoms with van der Waals surface area (Å²) >= 11 is 13.1. The molecule has 0 spiro atoms. The van der Waals surface area contributed by atoms with E-state index in [-0.39, 0.29) is 24.2 Å². The lowest BCUT2D eigenvalue weighted by Crippen LogP contribution is -2.38. The van der Waals surface area contributed by atoms with Crippen molar-refractivity contribution in [2.75, 3.05) is 25.1 Å². The number of ether oxygens (including phenoxy) is 1. The lowest BCUT2D eigenvalue weighted by atomic mass is 9.97. The molecule has 202 valence electrons. The summed E-state index contributed by atoms with van der Waals surface area (Å²) in [7, 11) is -3.36. The van der Waals surface area contributed by atoms with E-state index in [2.05, 4.69) is 15.0 Å². The molecule has 1 saturated carbocycles. The number of hydrogen-bond acceptors (Lipinski definition) is 6. The fourth-order valence-corrected chi connectivity index (χ4v) is 6.29. The first-order valence-electron chi connectivity index (χ1n) is 12.9. The number of nitrogens with one attached hydrogen (secondary N) is 2. The Balaban J connectivity index is 1.43. The van der Waals surface area contributed by atoms with Gasteiger partial charge in [0, 0.05) is 71.9 Å². The minimum atomic E-state index is -3.36. The normalized spacial score (nSPS) is 20.9. The molecule has 1 saturated heterocycles. The van der Waals surface area contributed by atoms with Gasteiger partial charge in [0.15, 0.2) is 0 Å². The highest BCUT2D eigenvalue weighted by Gasteiger charge is 2.33. The van der Waals surface area contributed by atoms with Crippen LogP contribution in [0.1, 0.15) is 51.6 Å². The zero-order valence-corrected chi connectivity index (χ0v) is 23.6. The summed E-state index contributed by atoms with van der Waals surface area (Å²) in [6, 6.07) is 7.41. The fraction of sp³-hybridized carbons (Fsp3) is 0.556. The van der Waals surface area contributed by atoms with E-state index in [0.717, 1.165) is 49.4 Å². The van der Waals surface area contributed by atoms with Crippen LogP contribution < -0.4 is 10.0 Å². The molecule has 0 unspecified atom stereocenters. The molecular formula is C27H35Cl2N3O4S. The largest absolute Gasteiger partial charge is 0.385 e. The Morgan fingerprint density at radius 3 is 2.54 bits per heavy atom. The molecular weight excluding hydrogens is 533 g/mol. The summed E-state index contributed by atoms with van der Waals surface area (Å²) < 4.78 is 32.6. The molecule has 37 heavy (non-hydrogen) atoms. The highest BCUT2D eigenvalue weighted by Crippen LogP contribution is 2.36. The molecule has 1 aromatic carbocycles. The van der Waals surface area contributed by atoms with Crippen LogP contribution in [0.25, 0.3) is 11.1 Å². The van der Waals surface area contributed by atoms with Crippen LogP contribution in [0, 0.1) is 11.8 Å². The fourth-order valence-electron chi connectivity index (χ4n) is 4.91. The maximum Gasteiger partial charge on any atom is 0.214 e. The number of ketones is 1. The maximum absolute atomic E-state index is 13.1. The number of hydrogen-bond donors (Lipinski definition) is 2. The number of anilines is 1. The van der Waals surface area contributed by atoms with Crippen LogP contribution in [-0.2, 0) is 26.0 Å². The summed E-state index contributed by atoms with van der Waals surface area (Å²) in [5, 5.41) is 4.04. The summed E-state index contributed by atoms with van der Waals surface area (Å²) in [5.74, 6) is 0.443. The van der Waals surface area contributed by atoms with E-state index in [0.29, 0.717) is 40.9 Å². The first-order chi connectivity index (χ1) is 17.6. The Labute approximate surface area is 229 Å². The number of halogens is 2. The van der Waals surface area contributed by atoms with Crippen LogP contribution in [0.3, 0.4) is 0 Å². The number of sulfonamides is 1. The number of nitrogens with zero attached hydrogens (tertiary/aromatic N) is 1.